The van der Waals surface area contributed by atoms with Crippen LogP contribution in [-0.2, 0) is 4.79 Å². The topological polar surface area (TPSA) is 38.3 Å². The highest BCUT2D eigenvalue weighted by molar-refractivity contribution is 9.09. The molecule has 0 aromatic heterocycles. The Morgan fingerprint density at radius 3 is 2.48 bits per heavy atom. The number of hydrogen-bond acceptors (Lipinski definition) is 2. The van der Waals surface area contributed by atoms with E-state index in [4.69, 9.17) is 4.74 Å². The summed E-state index contributed by atoms with van der Waals surface area (Å²) in [5.41, 5.74) is 0.615. The normalized spacial score (nSPS) is 36.0. The van der Waals surface area contributed by atoms with Crippen molar-refractivity contribution in [3.05, 3.63) is 24.3 Å². The molecule has 4 rings (SSSR count). The second kappa shape index (κ2) is 4.48. The van der Waals surface area contributed by atoms with Gasteiger partial charge in [-0.15, -0.1) is 0 Å². The molecule has 1 amide bonds. The molecule has 114 valence electrons. The number of fused-ring (bicyclic) bond motifs is 1. The molecule has 1 aromatic carbocycles. The molecule has 2 bridgehead atoms. The SMILES string of the molecule is COc1ccccc1NC(=O)C12CCC(C)(C1Br)C2(C)C. The van der Waals surface area contributed by atoms with Crippen LogP contribution in [0.15, 0.2) is 24.3 Å². The number of benzene rings is 1. The molecule has 1 aromatic rings. The first-order valence-corrected chi connectivity index (χ1v) is 8.31. The van der Waals surface area contributed by atoms with Gasteiger partial charge in [0.1, 0.15) is 5.75 Å². The van der Waals surface area contributed by atoms with Crippen molar-refractivity contribution in [2.24, 2.45) is 16.2 Å². The van der Waals surface area contributed by atoms with Crippen LogP contribution in [0.1, 0.15) is 33.6 Å². The van der Waals surface area contributed by atoms with E-state index < -0.39 is 0 Å². The van der Waals surface area contributed by atoms with Crippen LogP contribution in [0.25, 0.3) is 0 Å². The molecule has 3 fully saturated rings. The number of methoxy groups -OCH3 is 1. The van der Waals surface area contributed by atoms with Crippen molar-refractivity contribution in [3.63, 3.8) is 0 Å². The quantitative estimate of drug-likeness (QED) is 0.827. The summed E-state index contributed by atoms with van der Waals surface area (Å²) in [6, 6.07) is 7.56. The zero-order valence-corrected chi connectivity index (χ0v) is 14.6. The summed E-state index contributed by atoms with van der Waals surface area (Å²) < 4.78 is 5.33. The van der Waals surface area contributed by atoms with Gasteiger partial charge in [0.25, 0.3) is 0 Å². The molecule has 3 nitrogen and oxygen atoms in total. The maximum atomic E-state index is 13.0. The fraction of sp³-hybridized carbons (Fsp3) is 0.588. The van der Waals surface area contributed by atoms with Crippen LogP contribution in [0.3, 0.4) is 0 Å². The van der Waals surface area contributed by atoms with Crippen molar-refractivity contribution >= 4 is 27.5 Å². The van der Waals surface area contributed by atoms with Gasteiger partial charge >= 0.3 is 0 Å². The molecule has 4 heteroatoms. The third-order valence-electron chi connectivity index (χ3n) is 6.33. The molecule has 0 radical (unpaired) electrons. The average molecular weight is 352 g/mol. The van der Waals surface area contributed by atoms with E-state index in [9.17, 15) is 4.79 Å². The second-order valence-electron chi connectivity index (χ2n) is 7.03. The molecule has 1 N–H and O–H groups in total. The highest BCUT2D eigenvalue weighted by Gasteiger charge is 2.80. The number of carbonyl (C=O) groups is 1. The smallest absolute Gasteiger partial charge is 0.232 e. The Kier molecular flexibility index (Phi) is 3.18. The van der Waals surface area contributed by atoms with Gasteiger partial charge in [0.05, 0.1) is 18.2 Å². The van der Waals surface area contributed by atoms with E-state index in [0.717, 1.165) is 18.5 Å². The largest absolute Gasteiger partial charge is 0.495 e. The summed E-state index contributed by atoms with van der Waals surface area (Å²) in [5.74, 6) is 0.806. The van der Waals surface area contributed by atoms with Crippen molar-refractivity contribution < 1.29 is 9.53 Å². The molecule has 3 unspecified atom stereocenters. The van der Waals surface area contributed by atoms with Crippen molar-refractivity contribution in [1.29, 1.82) is 0 Å². The van der Waals surface area contributed by atoms with Gasteiger partial charge in [-0.3, -0.25) is 4.79 Å². The monoisotopic (exact) mass is 351 g/mol. The molecule has 0 heterocycles. The summed E-state index contributed by atoms with van der Waals surface area (Å²) in [5, 5.41) is 3.09. The van der Waals surface area contributed by atoms with E-state index in [1.165, 1.54) is 0 Å². The fourth-order valence-corrected chi connectivity index (χ4v) is 6.25. The van der Waals surface area contributed by atoms with Crippen molar-refractivity contribution in [2.75, 3.05) is 12.4 Å². The lowest BCUT2D eigenvalue weighted by molar-refractivity contribution is -0.156. The third-order valence-corrected chi connectivity index (χ3v) is 8.13. The minimum Gasteiger partial charge on any atom is -0.495 e. The number of nitrogens with one attached hydrogen (secondary N) is 1. The molecule has 0 saturated heterocycles. The summed E-state index contributed by atoms with van der Waals surface area (Å²) in [4.78, 5) is 13.3. The first-order chi connectivity index (χ1) is 9.81. The lowest BCUT2D eigenvalue weighted by atomic mass is 9.43. The molecule has 3 saturated carbocycles. The standard InChI is InChI=1S/C17H22BrNO2/c1-15(2)16(3)9-10-17(15,13(16)18)14(20)19-11-7-5-6-8-12(11)21-4/h5-8,13H,9-10H2,1-4H3,(H,19,20). The summed E-state index contributed by atoms with van der Waals surface area (Å²) >= 11 is 3.80. The Morgan fingerprint density at radius 2 is 1.95 bits per heavy atom. The average Bonchev–Trinajstić information content (AvgIpc) is 2.87. The van der Waals surface area contributed by atoms with Gasteiger partial charge in [-0.2, -0.15) is 0 Å². The molecule has 3 atom stereocenters. The maximum absolute atomic E-state index is 13.0. The lowest BCUT2D eigenvalue weighted by Gasteiger charge is -2.64. The van der Waals surface area contributed by atoms with Crippen molar-refractivity contribution in [2.45, 2.75) is 38.4 Å². The highest BCUT2D eigenvalue weighted by Crippen LogP contribution is 2.79. The van der Waals surface area contributed by atoms with E-state index in [1.807, 2.05) is 24.3 Å². The number of rotatable bonds is 3. The van der Waals surface area contributed by atoms with Crippen LogP contribution in [0.4, 0.5) is 5.69 Å². The molecule has 0 aliphatic heterocycles. The Labute approximate surface area is 134 Å². The number of para-hydroxylation sites is 2. The van der Waals surface area contributed by atoms with Gasteiger partial charge in [-0.05, 0) is 35.8 Å². The highest BCUT2D eigenvalue weighted by atomic mass is 79.9. The minimum atomic E-state index is -0.331. The maximum Gasteiger partial charge on any atom is 0.232 e. The van der Waals surface area contributed by atoms with Crippen molar-refractivity contribution in [1.82, 2.24) is 0 Å². The molecular formula is C17H22BrNO2. The van der Waals surface area contributed by atoms with Gasteiger partial charge in [-0.25, -0.2) is 0 Å². The van der Waals surface area contributed by atoms with E-state index in [1.54, 1.807) is 7.11 Å². The Bertz CT molecular complexity index is 600. The van der Waals surface area contributed by atoms with Crippen molar-refractivity contribution in [3.8, 4) is 5.75 Å². The second-order valence-corrected chi connectivity index (χ2v) is 7.95. The van der Waals surface area contributed by atoms with E-state index in [0.29, 0.717) is 5.75 Å². The zero-order valence-electron chi connectivity index (χ0n) is 13.0. The third kappa shape index (κ3) is 1.57. The number of amides is 1. The molecule has 3 aliphatic carbocycles. The van der Waals surface area contributed by atoms with E-state index in [-0.39, 0.29) is 27.0 Å². The lowest BCUT2D eigenvalue weighted by Crippen LogP contribution is -2.68. The minimum absolute atomic E-state index is 0.000263. The number of halogens is 1. The van der Waals surface area contributed by atoms with Gasteiger partial charge in [0, 0.05) is 4.83 Å². The Balaban J connectivity index is 1.90. The van der Waals surface area contributed by atoms with Gasteiger partial charge in [-0.1, -0.05) is 48.8 Å². The first-order valence-electron chi connectivity index (χ1n) is 7.40. The van der Waals surface area contributed by atoms with Gasteiger partial charge < -0.3 is 10.1 Å². The number of anilines is 1. The summed E-state index contributed by atoms with van der Waals surface area (Å²) in [6.07, 6.45) is 2.03. The number of ether oxygens (including phenoxy) is 1. The van der Waals surface area contributed by atoms with Gasteiger partial charge in [0.15, 0.2) is 0 Å². The predicted molar refractivity (Wildman–Crippen MR) is 87.9 cm³/mol. The fourth-order valence-electron chi connectivity index (χ4n) is 4.44. The van der Waals surface area contributed by atoms with Crippen LogP contribution in [0.5, 0.6) is 5.75 Å². The van der Waals surface area contributed by atoms with Gasteiger partial charge in [0.2, 0.25) is 5.91 Å². The van der Waals surface area contributed by atoms with E-state index in [2.05, 4.69) is 42.0 Å². The predicted octanol–water partition coefficient (Wildman–Crippen LogP) is 4.22. The summed E-state index contributed by atoms with van der Waals surface area (Å²) in [7, 11) is 1.62. The first kappa shape index (κ1) is 14.9. The number of hydrogen-bond donors (Lipinski definition) is 1. The van der Waals surface area contributed by atoms with E-state index >= 15 is 0 Å². The number of alkyl halides is 1. The van der Waals surface area contributed by atoms with Crippen LogP contribution in [0.2, 0.25) is 0 Å². The zero-order chi connectivity index (χ0) is 15.5. The molecule has 21 heavy (non-hydrogen) atoms. The summed E-state index contributed by atoms with van der Waals surface area (Å²) in [6.45, 7) is 6.73. The van der Waals surface area contributed by atoms with Crippen LogP contribution >= 0.6 is 15.9 Å². The number of carbonyl (C=O) groups excluding carboxylic acids is 1. The van der Waals surface area contributed by atoms with Crippen LogP contribution in [0, 0.1) is 16.2 Å². The molecular weight excluding hydrogens is 330 g/mol. The van der Waals surface area contributed by atoms with Crippen LogP contribution in [-0.4, -0.2) is 17.8 Å². The molecule has 0 spiro atoms. The van der Waals surface area contributed by atoms with Crippen LogP contribution < -0.4 is 10.1 Å². The molecule has 3 aliphatic rings. The Hall–Kier alpha value is -1.03. The Morgan fingerprint density at radius 1 is 1.29 bits per heavy atom.